The molecule has 146 valence electrons. The van der Waals surface area contributed by atoms with Gasteiger partial charge in [-0.2, -0.15) is 4.98 Å². The number of hydrogen-bond donors (Lipinski definition) is 1. The molecule has 1 N–H and O–H groups in total. The number of nitrogens with zero attached hydrogens (tertiary/aromatic N) is 3. The second-order valence-electron chi connectivity index (χ2n) is 6.43. The van der Waals surface area contributed by atoms with E-state index in [2.05, 4.69) is 15.3 Å². The van der Waals surface area contributed by atoms with Crippen LogP contribution in [-0.4, -0.2) is 28.2 Å². The standard InChI is InChI=1S/C22H19ClN4O2/c1-24-21-18-9-8-16(23)14-19(18)27(22(28)26-21)17-6-4-5-15(13-17)10-12-29-20-7-2-3-11-25-20/h2-9,11,13-14H,10,12H2,1H3,(H,24,26,28). The molecule has 2 heterocycles. The van der Waals surface area contributed by atoms with Crippen LogP contribution in [0, 0.1) is 0 Å². The molecule has 4 aromatic rings. The molecule has 0 spiro atoms. The molecular formula is C22H19ClN4O2. The number of fused-ring (bicyclic) bond motifs is 1. The number of ether oxygens (including phenoxy) is 1. The van der Waals surface area contributed by atoms with Crippen molar-refractivity contribution in [1.29, 1.82) is 0 Å². The number of hydrogen-bond acceptors (Lipinski definition) is 5. The van der Waals surface area contributed by atoms with Gasteiger partial charge >= 0.3 is 5.69 Å². The minimum atomic E-state index is -0.369. The third-order valence-corrected chi connectivity index (χ3v) is 4.77. The van der Waals surface area contributed by atoms with Crippen LogP contribution in [0.1, 0.15) is 5.56 Å². The number of benzene rings is 2. The summed E-state index contributed by atoms with van der Waals surface area (Å²) >= 11 is 6.21. The summed E-state index contributed by atoms with van der Waals surface area (Å²) in [5.41, 5.74) is 2.10. The van der Waals surface area contributed by atoms with Gasteiger partial charge < -0.3 is 10.1 Å². The molecule has 6 nitrogen and oxygen atoms in total. The highest BCUT2D eigenvalue weighted by Crippen LogP contribution is 2.25. The van der Waals surface area contributed by atoms with Crippen molar-refractivity contribution in [3.63, 3.8) is 0 Å². The summed E-state index contributed by atoms with van der Waals surface area (Å²) in [4.78, 5) is 21.1. The molecule has 0 aliphatic heterocycles. The lowest BCUT2D eigenvalue weighted by Gasteiger charge is -2.14. The molecule has 4 rings (SSSR count). The molecule has 0 bridgehead atoms. The monoisotopic (exact) mass is 406 g/mol. The lowest BCUT2D eigenvalue weighted by molar-refractivity contribution is 0.309. The molecule has 0 fully saturated rings. The van der Waals surface area contributed by atoms with E-state index in [1.807, 2.05) is 48.5 Å². The van der Waals surface area contributed by atoms with E-state index in [1.54, 1.807) is 29.9 Å². The summed E-state index contributed by atoms with van der Waals surface area (Å²) in [5, 5.41) is 4.35. The van der Waals surface area contributed by atoms with E-state index in [-0.39, 0.29) is 5.69 Å². The van der Waals surface area contributed by atoms with E-state index in [9.17, 15) is 4.79 Å². The van der Waals surface area contributed by atoms with Gasteiger partial charge in [0, 0.05) is 36.1 Å². The van der Waals surface area contributed by atoms with Gasteiger partial charge in [0.25, 0.3) is 0 Å². The van der Waals surface area contributed by atoms with Crippen LogP contribution in [-0.2, 0) is 6.42 Å². The zero-order valence-electron chi connectivity index (χ0n) is 15.8. The highest BCUT2D eigenvalue weighted by atomic mass is 35.5. The maximum atomic E-state index is 12.8. The van der Waals surface area contributed by atoms with Crippen LogP contribution in [0.3, 0.4) is 0 Å². The minimum absolute atomic E-state index is 0.369. The summed E-state index contributed by atoms with van der Waals surface area (Å²) in [6.45, 7) is 0.485. The fourth-order valence-electron chi connectivity index (χ4n) is 3.20. The topological polar surface area (TPSA) is 69.0 Å². The maximum absolute atomic E-state index is 12.8. The van der Waals surface area contributed by atoms with Crippen molar-refractivity contribution in [2.75, 3.05) is 19.0 Å². The van der Waals surface area contributed by atoms with Crippen LogP contribution in [0.4, 0.5) is 5.82 Å². The Hall–Kier alpha value is -3.38. The van der Waals surface area contributed by atoms with Crippen LogP contribution >= 0.6 is 11.6 Å². The number of nitrogens with one attached hydrogen (secondary N) is 1. The lowest BCUT2D eigenvalue weighted by atomic mass is 10.1. The average Bonchev–Trinajstić information content (AvgIpc) is 2.74. The fraction of sp³-hybridized carbons (Fsp3) is 0.136. The quantitative estimate of drug-likeness (QED) is 0.522. The Kier molecular flexibility index (Phi) is 5.44. The zero-order valence-corrected chi connectivity index (χ0v) is 16.6. The largest absolute Gasteiger partial charge is 0.477 e. The Morgan fingerprint density at radius 3 is 2.79 bits per heavy atom. The first-order valence-electron chi connectivity index (χ1n) is 9.19. The van der Waals surface area contributed by atoms with Crippen molar-refractivity contribution in [3.05, 3.63) is 87.9 Å². The average molecular weight is 407 g/mol. The van der Waals surface area contributed by atoms with Gasteiger partial charge in [0.15, 0.2) is 0 Å². The first-order valence-corrected chi connectivity index (χ1v) is 9.57. The fourth-order valence-corrected chi connectivity index (χ4v) is 3.36. The van der Waals surface area contributed by atoms with E-state index in [1.165, 1.54) is 0 Å². The molecule has 0 unspecified atom stereocenters. The van der Waals surface area contributed by atoms with Gasteiger partial charge in [-0.25, -0.2) is 9.78 Å². The summed E-state index contributed by atoms with van der Waals surface area (Å²) in [5.74, 6) is 1.12. The van der Waals surface area contributed by atoms with Crippen LogP contribution < -0.4 is 15.7 Å². The zero-order chi connectivity index (χ0) is 20.2. The number of rotatable bonds is 6. The Bertz CT molecular complexity index is 1210. The number of pyridine rings is 1. The second-order valence-corrected chi connectivity index (χ2v) is 6.86. The Morgan fingerprint density at radius 2 is 2.00 bits per heavy atom. The molecule has 0 saturated heterocycles. The van der Waals surface area contributed by atoms with Crippen LogP contribution in [0.5, 0.6) is 5.88 Å². The van der Waals surface area contributed by atoms with E-state index >= 15 is 0 Å². The van der Waals surface area contributed by atoms with Crippen molar-refractivity contribution >= 4 is 28.3 Å². The molecule has 0 aliphatic carbocycles. The molecule has 2 aromatic carbocycles. The molecular weight excluding hydrogens is 388 g/mol. The third kappa shape index (κ3) is 4.07. The molecule has 29 heavy (non-hydrogen) atoms. The van der Waals surface area contributed by atoms with E-state index in [0.717, 1.165) is 16.6 Å². The predicted octanol–water partition coefficient (Wildman–Crippen LogP) is 4.10. The molecule has 2 aromatic heterocycles. The minimum Gasteiger partial charge on any atom is -0.477 e. The summed E-state index contributed by atoms with van der Waals surface area (Å²) in [6, 6.07) is 18.7. The van der Waals surface area contributed by atoms with E-state index in [4.69, 9.17) is 16.3 Å². The summed E-state index contributed by atoms with van der Waals surface area (Å²) < 4.78 is 7.25. The van der Waals surface area contributed by atoms with Gasteiger partial charge in [0.05, 0.1) is 17.8 Å². The molecule has 7 heteroatoms. The van der Waals surface area contributed by atoms with E-state index in [0.29, 0.717) is 35.3 Å². The molecule has 0 saturated carbocycles. The number of aromatic nitrogens is 3. The highest BCUT2D eigenvalue weighted by molar-refractivity contribution is 6.31. The van der Waals surface area contributed by atoms with Gasteiger partial charge in [0.2, 0.25) is 5.88 Å². The van der Waals surface area contributed by atoms with Crippen LogP contribution in [0.2, 0.25) is 5.02 Å². The van der Waals surface area contributed by atoms with Crippen LogP contribution in [0.25, 0.3) is 16.6 Å². The van der Waals surface area contributed by atoms with Crippen molar-refractivity contribution in [1.82, 2.24) is 14.5 Å². The molecule has 0 radical (unpaired) electrons. The molecule has 0 atom stereocenters. The van der Waals surface area contributed by atoms with Gasteiger partial charge in [0.1, 0.15) is 5.82 Å². The highest BCUT2D eigenvalue weighted by Gasteiger charge is 2.12. The Labute approximate surface area is 172 Å². The maximum Gasteiger partial charge on any atom is 0.354 e. The summed E-state index contributed by atoms with van der Waals surface area (Å²) in [6.07, 6.45) is 2.38. The first kappa shape index (κ1) is 19.0. The summed E-state index contributed by atoms with van der Waals surface area (Å²) in [7, 11) is 1.74. The number of halogens is 1. The van der Waals surface area contributed by atoms with Crippen molar-refractivity contribution in [3.8, 4) is 11.6 Å². The van der Waals surface area contributed by atoms with Gasteiger partial charge in [-0.1, -0.05) is 29.8 Å². The normalized spacial score (nSPS) is 10.8. The van der Waals surface area contributed by atoms with Crippen molar-refractivity contribution in [2.24, 2.45) is 0 Å². The third-order valence-electron chi connectivity index (χ3n) is 4.54. The SMILES string of the molecule is CNc1nc(=O)n(-c2cccc(CCOc3ccccn3)c2)c2cc(Cl)ccc12. The second kappa shape index (κ2) is 8.32. The van der Waals surface area contributed by atoms with Crippen LogP contribution in [0.15, 0.2) is 71.7 Å². The smallest absolute Gasteiger partial charge is 0.354 e. The number of anilines is 1. The lowest BCUT2D eigenvalue weighted by Crippen LogP contribution is -2.23. The van der Waals surface area contributed by atoms with Crippen molar-refractivity contribution in [2.45, 2.75) is 6.42 Å². The molecule has 0 amide bonds. The van der Waals surface area contributed by atoms with Gasteiger partial charge in [-0.3, -0.25) is 4.57 Å². The van der Waals surface area contributed by atoms with Gasteiger partial charge in [-0.15, -0.1) is 0 Å². The van der Waals surface area contributed by atoms with E-state index < -0.39 is 0 Å². The molecule has 0 aliphatic rings. The van der Waals surface area contributed by atoms with Gasteiger partial charge in [-0.05, 0) is 42.0 Å². The Balaban J connectivity index is 1.68. The Morgan fingerprint density at radius 1 is 1.10 bits per heavy atom. The predicted molar refractivity (Wildman–Crippen MR) is 115 cm³/mol. The first-order chi connectivity index (χ1) is 14.2. The van der Waals surface area contributed by atoms with Crippen molar-refractivity contribution < 1.29 is 4.74 Å².